The zero-order valence-corrected chi connectivity index (χ0v) is 16.3. The highest BCUT2D eigenvalue weighted by molar-refractivity contribution is 8.18. The number of rotatable bonds is 6. The fourth-order valence-corrected chi connectivity index (χ4v) is 3.67. The third-order valence-electron chi connectivity index (χ3n) is 4.08. The van der Waals surface area contributed by atoms with Gasteiger partial charge in [0.1, 0.15) is 0 Å². The van der Waals surface area contributed by atoms with Crippen molar-refractivity contribution < 1.29 is 19.1 Å². The van der Waals surface area contributed by atoms with Crippen LogP contribution in [0.25, 0.3) is 6.08 Å². The predicted molar refractivity (Wildman–Crippen MR) is 107 cm³/mol. The van der Waals surface area contributed by atoms with E-state index in [1.807, 2.05) is 44.2 Å². The van der Waals surface area contributed by atoms with Gasteiger partial charge in [0.2, 0.25) is 0 Å². The van der Waals surface area contributed by atoms with Crippen molar-refractivity contribution in [2.75, 3.05) is 13.7 Å². The van der Waals surface area contributed by atoms with E-state index in [1.165, 1.54) is 4.90 Å². The molecule has 0 bridgehead atoms. The number of aryl methyl sites for hydroxylation is 1. The van der Waals surface area contributed by atoms with Crippen LogP contribution in [0.2, 0.25) is 0 Å². The summed E-state index contributed by atoms with van der Waals surface area (Å²) < 4.78 is 10.8. The Hall–Kier alpha value is -2.73. The molecule has 2 aromatic rings. The van der Waals surface area contributed by atoms with E-state index in [2.05, 4.69) is 0 Å². The topological polar surface area (TPSA) is 55.8 Å². The summed E-state index contributed by atoms with van der Waals surface area (Å²) in [4.78, 5) is 26.7. The van der Waals surface area contributed by atoms with Crippen molar-refractivity contribution in [1.82, 2.24) is 4.90 Å². The molecule has 2 aromatic carbocycles. The SMILES string of the molecule is CCOc1ccc(/C=C2/SC(=O)N(Cc3cccc(C)c3)C2=O)cc1OC. The molecule has 0 aliphatic carbocycles. The van der Waals surface area contributed by atoms with E-state index in [9.17, 15) is 9.59 Å². The van der Waals surface area contributed by atoms with E-state index in [-0.39, 0.29) is 17.7 Å². The Balaban J connectivity index is 1.81. The zero-order chi connectivity index (χ0) is 19.4. The van der Waals surface area contributed by atoms with E-state index in [4.69, 9.17) is 9.47 Å². The average molecular weight is 383 g/mol. The molecule has 3 rings (SSSR count). The summed E-state index contributed by atoms with van der Waals surface area (Å²) in [7, 11) is 1.57. The standard InChI is InChI=1S/C21H21NO4S/c1-4-26-17-9-8-15(11-18(17)25-3)12-19-20(23)22(21(24)27-19)13-16-7-5-6-14(2)10-16/h5-12H,4,13H2,1-3H3/b19-12+. The normalized spacial score (nSPS) is 15.5. The fourth-order valence-electron chi connectivity index (χ4n) is 2.83. The Morgan fingerprint density at radius 3 is 2.63 bits per heavy atom. The summed E-state index contributed by atoms with van der Waals surface area (Å²) in [5, 5.41) is -0.259. The quantitative estimate of drug-likeness (QED) is 0.680. The number of methoxy groups -OCH3 is 1. The molecule has 6 heteroatoms. The molecule has 0 spiro atoms. The van der Waals surface area contributed by atoms with Crippen molar-refractivity contribution >= 4 is 29.0 Å². The van der Waals surface area contributed by atoms with Gasteiger partial charge in [-0.05, 0) is 54.9 Å². The molecule has 1 aliphatic heterocycles. The van der Waals surface area contributed by atoms with Gasteiger partial charge in [-0.1, -0.05) is 35.9 Å². The molecule has 1 heterocycles. The van der Waals surface area contributed by atoms with E-state index >= 15 is 0 Å². The number of carbonyl (C=O) groups is 2. The third kappa shape index (κ3) is 4.34. The van der Waals surface area contributed by atoms with E-state index in [0.29, 0.717) is 23.0 Å². The predicted octanol–water partition coefficient (Wildman–Crippen LogP) is 4.64. The van der Waals surface area contributed by atoms with Gasteiger partial charge in [0, 0.05) is 0 Å². The molecule has 0 atom stereocenters. The van der Waals surface area contributed by atoms with Crippen LogP contribution in [0.4, 0.5) is 4.79 Å². The van der Waals surface area contributed by atoms with Crippen molar-refractivity contribution in [3.05, 3.63) is 64.1 Å². The molecular weight excluding hydrogens is 362 g/mol. The van der Waals surface area contributed by atoms with Crippen LogP contribution in [0.5, 0.6) is 11.5 Å². The van der Waals surface area contributed by atoms with Gasteiger partial charge in [0.05, 0.1) is 25.2 Å². The van der Waals surface area contributed by atoms with Gasteiger partial charge in [0.15, 0.2) is 11.5 Å². The molecule has 1 aliphatic rings. The van der Waals surface area contributed by atoms with Crippen LogP contribution in [-0.4, -0.2) is 29.8 Å². The number of hydrogen-bond donors (Lipinski definition) is 0. The molecule has 0 aromatic heterocycles. The van der Waals surface area contributed by atoms with E-state index in [0.717, 1.165) is 28.5 Å². The van der Waals surface area contributed by atoms with Gasteiger partial charge in [0.25, 0.3) is 11.1 Å². The molecule has 5 nitrogen and oxygen atoms in total. The van der Waals surface area contributed by atoms with Crippen LogP contribution in [0, 0.1) is 6.92 Å². The van der Waals surface area contributed by atoms with Crippen LogP contribution in [0.1, 0.15) is 23.6 Å². The Kier molecular flexibility index (Phi) is 5.86. The van der Waals surface area contributed by atoms with Crippen molar-refractivity contribution in [3.8, 4) is 11.5 Å². The summed E-state index contributed by atoms with van der Waals surface area (Å²) in [6.07, 6.45) is 1.71. The molecule has 27 heavy (non-hydrogen) atoms. The van der Waals surface area contributed by atoms with Gasteiger partial charge in [-0.25, -0.2) is 0 Å². The Bertz CT molecular complexity index is 907. The monoisotopic (exact) mass is 383 g/mol. The van der Waals surface area contributed by atoms with Crippen molar-refractivity contribution in [3.63, 3.8) is 0 Å². The number of benzene rings is 2. The summed E-state index contributed by atoms with van der Waals surface area (Å²) in [5.74, 6) is 0.952. The fraction of sp³-hybridized carbons (Fsp3) is 0.238. The maximum absolute atomic E-state index is 12.7. The van der Waals surface area contributed by atoms with Gasteiger partial charge in [-0.2, -0.15) is 0 Å². The second-order valence-corrected chi connectivity index (χ2v) is 7.09. The third-order valence-corrected chi connectivity index (χ3v) is 4.99. The lowest BCUT2D eigenvalue weighted by Crippen LogP contribution is -2.27. The first kappa shape index (κ1) is 19.0. The maximum Gasteiger partial charge on any atom is 0.293 e. The lowest BCUT2D eigenvalue weighted by molar-refractivity contribution is -0.123. The first-order valence-corrected chi connectivity index (χ1v) is 9.45. The molecule has 1 saturated heterocycles. The Morgan fingerprint density at radius 2 is 1.93 bits per heavy atom. The summed E-state index contributed by atoms with van der Waals surface area (Å²) in [5.41, 5.74) is 2.80. The summed E-state index contributed by atoms with van der Waals surface area (Å²) in [6, 6.07) is 13.2. The average Bonchev–Trinajstić information content (AvgIpc) is 2.90. The molecular formula is C21H21NO4S. The summed E-state index contributed by atoms with van der Waals surface area (Å²) in [6.45, 7) is 4.69. The first-order chi connectivity index (χ1) is 13.0. The molecule has 0 unspecified atom stereocenters. The number of nitrogens with zero attached hydrogens (tertiary/aromatic N) is 1. The lowest BCUT2D eigenvalue weighted by Gasteiger charge is -2.12. The molecule has 140 valence electrons. The van der Waals surface area contributed by atoms with Crippen molar-refractivity contribution in [1.29, 1.82) is 0 Å². The molecule has 0 N–H and O–H groups in total. The van der Waals surface area contributed by atoms with Crippen LogP contribution < -0.4 is 9.47 Å². The number of hydrogen-bond acceptors (Lipinski definition) is 5. The molecule has 0 saturated carbocycles. The zero-order valence-electron chi connectivity index (χ0n) is 15.5. The molecule has 0 radical (unpaired) electrons. The second-order valence-electron chi connectivity index (χ2n) is 6.10. The van der Waals surface area contributed by atoms with Crippen molar-refractivity contribution in [2.45, 2.75) is 20.4 Å². The van der Waals surface area contributed by atoms with Crippen LogP contribution >= 0.6 is 11.8 Å². The molecule has 1 fully saturated rings. The Morgan fingerprint density at radius 1 is 1.11 bits per heavy atom. The minimum absolute atomic E-state index is 0.259. The van der Waals surface area contributed by atoms with Crippen LogP contribution in [0.15, 0.2) is 47.4 Å². The number of thioether (sulfide) groups is 1. The number of ether oxygens (including phenoxy) is 2. The maximum atomic E-state index is 12.7. The number of imide groups is 1. The van der Waals surface area contributed by atoms with Gasteiger partial charge in [-0.15, -0.1) is 0 Å². The Labute approximate surface area is 163 Å². The largest absolute Gasteiger partial charge is 0.493 e. The number of amides is 2. The van der Waals surface area contributed by atoms with Crippen molar-refractivity contribution in [2.24, 2.45) is 0 Å². The highest BCUT2D eigenvalue weighted by Crippen LogP contribution is 2.35. The smallest absolute Gasteiger partial charge is 0.293 e. The minimum Gasteiger partial charge on any atom is -0.493 e. The van der Waals surface area contributed by atoms with E-state index < -0.39 is 0 Å². The van der Waals surface area contributed by atoms with Gasteiger partial charge < -0.3 is 9.47 Å². The highest BCUT2D eigenvalue weighted by atomic mass is 32.2. The van der Waals surface area contributed by atoms with E-state index in [1.54, 1.807) is 25.3 Å². The highest BCUT2D eigenvalue weighted by Gasteiger charge is 2.35. The van der Waals surface area contributed by atoms with Crippen LogP contribution in [0.3, 0.4) is 0 Å². The minimum atomic E-state index is -0.278. The first-order valence-electron chi connectivity index (χ1n) is 8.63. The second kappa shape index (κ2) is 8.31. The number of carbonyl (C=O) groups excluding carboxylic acids is 2. The summed E-state index contributed by atoms with van der Waals surface area (Å²) >= 11 is 0.954. The van der Waals surface area contributed by atoms with Gasteiger partial charge >= 0.3 is 0 Å². The van der Waals surface area contributed by atoms with Crippen LogP contribution in [-0.2, 0) is 11.3 Å². The lowest BCUT2D eigenvalue weighted by atomic mass is 10.1. The van der Waals surface area contributed by atoms with Gasteiger partial charge in [-0.3, -0.25) is 14.5 Å². The molecule has 2 amide bonds.